The SMILES string of the molecule is Cc1nc(N2CCCC2)nc2c1CCN(C(=O)Cc1ccccc1)CC2. The minimum Gasteiger partial charge on any atom is -0.342 e. The number of fused-ring (bicyclic) bond motifs is 1. The number of anilines is 1. The number of aryl methyl sites for hydroxylation is 1. The van der Waals surface area contributed by atoms with E-state index in [0.29, 0.717) is 6.42 Å². The number of carbonyl (C=O) groups excluding carboxylic acids is 1. The first-order valence-electron chi connectivity index (χ1n) is 9.64. The van der Waals surface area contributed by atoms with Gasteiger partial charge in [0.05, 0.1) is 12.1 Å². The number of hydrogen-bond acceptors (Lipinski definition) is 4. The van der Waals surface area contributed by atoms with Crippen molar-refractivity contribution in [3.8, 4) is 0 Å². The quantitative estimate of drug-likeness (QED) is 0.854. The number of aromatic nitrogens is 2. The molecular formula is C21H26N4O. The van der Waals surface area contributed by atoms with Crippen molar-refractivity contribution in [1.29, 1.82) is 0 Å². The molecule has 5 heteroatoms. The van der Waals surface area contributed by atoms with Crippen LogP contribution in [0.5, 0.6) is 0 Å². The second kappa shape index (κ2) is 7.44. The average molecular weight is 350 g/mol. The molecule has 0 bridgehead atoms. The number of rotatable bonds is 3. The second-order valence-corrected chi connectivity index (χ2v) is 7.27. The molecule has 0 spiro atoms. The first kappa shape index (κ1) is 17.0. The summed E-state index contributed by atoms with van der Waals surface area (Å²) in [4.78, 5) is 26.6. The Morgan fingerprint density at radius 3 is 2.50 bits per heavy atom. The largest absolute Gasteiger partial charge is 0.342 e. The van der Waals surface area contributed by atoms with Gasteiger partial charge in [-0.25, -0.2) is 9.97 Å². The van der Waals surface area contributed by atoms with Gasteiger partial charge in [-0.3, -0.25) is 4.79 Å². The fraction of sp³-hybridized carbons (Fsp3) is 0.476. The van der Waals surface area contributed by atoms with Crippen LogP contribution in [0.25, 0.3) is 0 Å². The van der Waals surface area contributed by atoms with E-state index in [4.69, 9.17) is 9.97 Å². The summed E-state index contributed by atoms with van der Waals surface area (Å²) in [5.41, 5.74) is 4.53. The Morgan fingerprint density at radius 2 is 1.73 bits per heavy atom. The summed E-state index contributed by atoms with van der Waals surface area (Å²) in [5.74, 6) is 1.08. The Hall–Kier alpha value is -2.43. The fourth-order valence-corrected chi connectivity index (χ4v) is 3.96. The van der Waals surface area contributed by atoms with Crippen LogP contribution in [0.2, 0.25) is 0 Å². The molecule has 1 aromatic heterocycles. The highest BCUT2D eigenvalue weighted by Crippen LogP contribution is 2.23. The minimum atomic E-state index is 0.203. The zero-order chi connectivity index (χ0) is 17.9. The van der Waals surface area contributed by atoms with Crippen LogP contribution in [-0.4, -0.2) is 47.0 Å². The topological polar surface area (TPSA) is 49.3 Å². The van der Waals surface area contributed by atoms with Crippen LogP contribution in [0.4, 0.5) is 5.95 Å². The number of benzene rings is 1. The molecule has 3 heterocycles. The Morgan fingerprint density at radius 1 is 1.00 bits per heavy atom. The molecule has 2 aliphatic rings. The maximum absolute atomic E-state index is 12.7. The van der Waals surface area contributed by atoms with E-state index >= 15 is 0 Å². The summed E-state index contributed by atoms with van der Waals surface area (Å²) in [6.45, 7) is 5.70. The van der Waals surface area contributed by atoms with Gasteiger partial charge in [-0.1, -0.05) is 30.3 Å². The third-order valence-corrected chi connectivity index (χ3v) is 5.48. The number of hydrogen-bond donors (Lipinski definition) is 0. The van der Waals surface area contributed by atoms with Crippen molar-refractivity contribution >= 4 is 11.9 Å². The molecule has 0 atom stereocenters. The molecule has 1 saturated heterocycles. The van der Waals surface area contributed by atoms with Crippen molar-refractivity contribution in [3.63, 3.8) is 0 Å². The van der Waals surface area contributed by atoms with Gasteiger partial charge in [-0.15, -0.1) is 0 Å². The van der Waals surface area contributed by atoms with Crippen molar-refractivity contribution in [2.45, 2.75) is 39.0 Å². The van der Waals surface area contributed by atoms with Crippen molar-refractivity contribution in [1.82, 2.24) is 14.9 Å². The normalized spacial score (nSPS) is 17.1. The summed E-state index contributed by atoms with van der Waals surface area (Å²) >= 11 is 0. The van der Waals surface area contributed by atoms with E-state index in [1.165, 1.54) is 18.4 Å². The predicted octanol–water partition coefficient (Wildman–Crippen LogP) is 2.56. The fourth-order valence-electron chi connectivity index (χ4n) is 3.96. The Labute approximate surface area is 155 Å². The maximum atomic E-state index is 12.7. The Balaban J connectivity index is 1.48. The lowest BCUT2D eigenvalue weighted by Crippen LogP contribution is -2.34. The summed E-state index contributed by atoms with van der Waals surface area (Å²) in [6.07, 6.45) is 4.59. The molecule has 1 aromatic carbocycles. The molecule has 26 heavy (non-hydrogen) atoms. The van der Waals surface area contributed by atoms with Gasteiger partial charge in [0.25, 0.3) is 0 Å². The lowest BCUT2D eigenvalue weighted by Gasteiger charge is -2.20. The number of carbonyl (C=O) groups is 1. The van der Waals surface area contributed by atoms with Crippen molar-refractivity contribution < 1.29 is 4.79 Å². The average Bonchev–Trinajstić information content (AvgIpc) is 3.09. The molecule has 2 aliphatic heterocycles. The van der Waals surface area contributed by atoms with Crippen LogP contribution in [0, 0.1) is 6.92 Å². The third-order valence-electron chi connectivity index (χ3n) is 5.48. The van der Waals surface area contributed by atoms with Crippen molar-refractivity contribution in [3.05, 3.63) is 52.8 Å². The van der Waals surface area contributed by atoms with Crippen LogP contribution < -0.4 is 4.90 Å². The molecule has 0 N–H and O–H groups in total. The van der Waals surface area contributed by atoms with Crippen LogP contribution in [0.3, 0.4) is 0 Å². The predicted molar refractivity (Wildman–Crippen MR) is 102 cm³/mol. The summed E-state index contributed by atoms with van der Waals surface area (Å²) in [5, 5.41) is 0. The Kier molecular flexibility index (Phi) is 4.87. The van der Waals surface area contributed by atoms with E-state index in [1.807, 2.05) is 35.2 Å². The molecule has 0 radical (unpaired) electrons. The number of nitrogens with zero attached hydrogens (tertiary/aromatic N) is 4. The smallest absolute Gasteiger partial charge is 0.227 e. The van der Waals surface area contributed by atoms with Gasteiger partial charge in [0.1, 0.15) is 0 Å². The van der Waals surface area contributed by atoms with E-state index in [9.17, 15) is 4.79 Å². The van der Waals surface area contributed by atoms with Crippen molar-refractivity contribution in [2.24, 2.45) is 0 Å². The van der Waals surface area contributed by atoms with Gasteiger partial charge in [0.15, 0.2) is 0 Å². The highest BCUT2D eigenvalue weighted by atomic mass is 16.2. The minimum absolute atomic E-state index is 0.203. The van der Waals surface area contributed by atoms with Crippen LogP contribution >= 0.6 is 0 Å². The first-order chi connectivity index (χ1) is 12.7. The standard InChI is InChI=1S/C21H26N4O/c1-16-18-9-13-24(20(26)15-17-7-3-2-4-8-17)14-10-19(18)23-21(22-16)25-11-5-6-12-25/h2-4,7-8H,5-6,9-15H2,1H3. The molecule has 4 rings (SSSR count). The van der Waals surface area contributed by atoms with E-state index in [-0.39, 0.29) is 5.91 Å². The molecule has 1 fully saturated rings. The van der Waals surface area contributed by atoms with Gasteiger partial charge in [0.2, 0.25) is 11.9 Å². The van der Waals surface area contributed by atoms with Crippen LogP contribution in [-0.2, 0) is 24.1 Å². The van der Waals surface area contributed by atoms with E-state index in [2.05, 4.69) is 11.8 Å². The summed E-state index contributed by atoms with van der Waals surface area (Å²) in [7, 11) is 0. The van der Waals surface area contributed by atoms with E-state index < -0.39 is 0 Å². The van der Waals surface area contributed by atoms with Crippen LogP contribution in [0.15, 0.2) is 30.3 Å². The molecule has 1 amide bonds. The Bertz CT molecular complexity index is 784. The molecule has 0 saturated carbocycles. The molecule has 2 aromatic rings. The van der Waals surface area contributed by atoms with Crippen LogP contribution in [0.1, 0.15) is 35.4 Å². The molecule has 136 valence electrons. The lowest BCUT2D eigenvalue weighted by molar-refractivity contribution is -0.130. The highest BCUT2D eigenvalue weighted by Gasteiger charge is 2.23. The summed E-state index contributed by atoms with van der Waals surface area (Å²) in [6, 6.07) is 9.99. The van der Waals surface area contributed by atoms with Gasteiger partial charge in [-0.05, 0) is 37.3 Å². The lowest BCUT2D eigenvalue weighted by atomic mass is 10.1. The van der Waals surface area contributed by atoms with Gasteiger partial charge in [-0.2, -0.15) is 0 Å². The van der Waals surface area contributed by atoms with E-state index in [1.54, 1.807) is 0 Å². The third kappa shape index (κ3) is 3.57. The summed E-state index contributed by atoms with van der Waals surface area (Å²) < 4.78 is 0. The number of amides is 1. The molecule has 5 nitrogen and oxygen atoms in total. The van der Waals surface area contributed by atoms with Gasteiger partial charge >= 0.3 is 0 Å². The first-order valence-corrected chi connectivity index (χ1v) is 9.64. The van der Waals surface area contributed by atoms with Gasteiger partial charge in [0, 0.05) is 38.3 Å². The monoisotopic (exact) mass is 350 g/mol. The second-order valence-electron chi connectivity index (χ2n) is 7.27. The molecule has 0 aliphatic carbocycles. The van der Waals surface area contributed by atoms with E-state index in [0.717, 1.165) is 61.9 Å². The molecular weight excluding hydrogens is 324 g/mol. The zero-order valence-electron chi connectivity index (χ0n) is 15.4. The molecule has 0 unspecified atom stereocenters. The zero-order valence-corrected chi connectivity index (χ0v) is 15.4. The van der Waals surface area contributed by atoms with Crippen molar-refractivity contribution in [2.75, 3.05) is 31.1 Å². The van der Waals surface area contributed by atoms with Gasteiger partial charge < -0.3 is 9.80 Å². The highest BCUT2D eigenvalue weighted by molar-refractivity contribution is 5.78. The maximum Gasteiger partial charge on any atom is 0.227 e.